The molecule has 1 aliphatic carbocycles. The number of amidine groups is 1. The van der Waals surface area contributed by atoms with E-state index in [9.17, 15) is 0 Å². The molecule has 0 spiro atoms. The summed E-state index contributed by atoms with van der Waals surface area (Å²) in [5, 5.41) is 4.34. The molecule has 0 bridgehead atoms. The standard InChI is InChI=1S/C13H20N2S/c1-10-8-16-9-12(10)7-15-13(14)11-5-3-2-4-6-11/h8-9,11H,2-7H2,1H3,(H2,14,15). The molecular formula is C13H20N2S. The van der Waals surface area contributed by atoms with Gasteiger partial charge in [0.1, 0.15) is 0 Å². The Bertz CT molecular complexity index is 362. The van der Waals surface area contributed by atoms with Crippen LogP contribution in [0.3, 0.4) is 0 Å². The van der Waals surface area contributed by atoms with Crippen LogP contribution in [0.5, 0.6) is 0 Å². The van der Waals surface area contributed by atoms with Crippen molar-refractivity contribution in [2.75, 3.05) is 0 Å². The minimum absolute atomic E-state index is 0.549. The molecule has 1 aromatic rings. The van der Waals surface area contributed by atoms with E-state index in [-0.39, 0.29) is 0 Å². The highest BCUT2D eigenvalue weighted by molar-refractivity contribution is 7.08. The van der Waals surface area contributed by atoms with Gasteiger partial charge >= 0.3 is 0 Å². The second-order valence-electron chi connectivity index (χ2n) is 4.66. The second kappa shape index (κ2) is 5.48. The normalized spacial score (nSPS) is 18.9. The van der Waals surface area contributed by atoms with Gasteiger partial charge in [-0.1, -0.05) is 19.3 Å². The maximum atomic E-state index is 6.07. The van der Waals surface area contributed by atoms with Crippen LogP contribution in [0.15, 0.2) is 15.8 Å². The molecule has 0 aromatic carbocycles. The van der Waals surface area contributed by atoms with E-state index < -0.39 is 0 Å². The van der Waals surface area contributed by atoms with Gasteiger partial charge in [0.15, 0.2) is 0 Å². The zero-order chi connectivity index (χ0) is 11.4. The van der Waals surface area contributed by atoms with E-state index >= 15 is 0 Å². The summed E-state index contributed by atoms with van der Waals surface area (Å²) < 4.78 is 0. The highest BCUT2D eigenvalue weighted by atomic mass is 32.1. The SMILES string of the molecule is Cc1cscc1CN=C(N)C1CCCCC1. The Morgan fingerprint density at radius 2 is 2.12 bits per heavy atom. The molecule has 0 saturated heterocycles. The van der Waals surface area contributed by atoms with Crippen molar-refractivity contribution in [2.45, 2.75) is 45.6 Å². The van der Waals surface area contributed by atoms with Gasteiger partial charge in [-0.25, -0.2) is 0 Å². The summed E-state index contributed by atoms with van der Waals surface area (Å²) in [6, 6.07) is 0. The van der Waals surface area contributed by atoms with Crippen LogP contribution in [0.1, 0.15) is 43.2 Å². The summed E-state index contributed by atoms with van der Waals surface area (Å²) in [5.41, 5.74) is 8.73. The summed E-state index contributed by atoms with van der Waals surface area (Å²) in [6.07, 6.45) is 6.47. The molecule has 88 valence electrons. The minimum Gasteiger partial charge on any atom is -0.387 e. The van der Waals surface area contributed by atoms with Crippen LogP contribution in [0.25, 0.3) is 0 Å². The number of aliphatic imine (C=N–C) groups is 1. The Morgan fingerprint density at radius 1 is 1.38 bits per heavy atom. The molecule has 16 heavy (non-hydrogen) atoms. The average molecular weight is 236 g/mol. The summed E-state index contributed by atoms with van der Waals surface area (Å²) in [5.74, 6) is 1.43. The zero-order valence-corrected chi connectivity index (χ0v) is 10.7. The van der Waals surface area contributed by atoms with Crippen molar-refractivity contribution in [3.8, 4) is 0 Å². The Hall–Kier alpha value is -0.830. The third-order valence-corrected chi connectivity index (χ3v) is 4.33. The fourth-order valence-corrected chi connectivity index (χ4v) is 3.10. The van der Waals surface area contributed by atoms with Crippen LogP contribution >= 0.6 is 11.3 Å². The fourth-order valence-electron chi connectivity index (χ4n) is 2.25. The number of rotatable bonds is 3. The first-order chi connectivity index (χ1) is 7.77. The van der Waals surface area contributed by atoms with Crippen molar-refractivity contribution in [1.29, 1.82) is 0 Å². The van der Waals surface area contributed by atoms with Crippen LogP contribution in [-0.4, -0.2) is 5.84 Å². The Balaban J connectivity index is 1.93. The first kappa shape index (κ1) is 11.6. The first-order valence-corrected chi connectivity index (χ1v) is 7.03. The lowest BCUT2D eigenvalue weighted by atomic mass is 9.88. The molecule has 0 aliphatic heterocycles. The van der Waals surface area contributed by atoms with E-state index in [1.807, 2.05) is 0 Å². The van der Waals surface area contributed by atoms with Gasteiger partial charge < -0.3 is 5.73 Å². The number of nitrogens with zero attached hydrogens (tertiary/aromatic N) is 1. The molecule has 2 rings (SSSR count). The lowest BCUT2D eigenvalue weighted by Gasteiger charge is -2.20. The van der Waals surface area contributed by atoms with Gasteiger partial charge in [-0.3, -0.25) is 4.99 Å². The van der Waals surface area contributed by atoms with Crippen LogP contribution in [-0.2, 0) is 6.54 Å². The molecule has 1 heterocycles. The van der Waals surface area contributed by atoms with Crippen molar-refractivity contribution in [1.82, 2.24) is 0 Å². The van der Waals surface area contributed by atoms with E-state index in [2.05, 4.69) is 22.7 Å². The third kappa shape index (κ3) is 2.85. The smallest absolute Gasteiger partial charge is 0.0972 e. The predicted octanol–water partition coefficient (Wildman–Crippen LogP) is 3.49. The van der Waals surface area contributed by atoms with Crippen molar-refractivity contribution in [3.63, 3.8) is 0 Å². The van der Waals surface area contributed by atoms with Crippen molar-refractivity contribution in [3.05, 3.63) is 21.9 Å². The zero-order valence-electron chi connectivity index (χ0n) is 9.91. The maximum absolute atomic E-state index is 6.07. The molecule has 0 radical (unpaired) electrons. The molecule has 1 aromatic heterocycles. The molecule has 0 amide bonds. The monoisotopic (exact) mass is 236 g/mol. The third-order valence-electron chi connectivity index (χ3n) is 3.42. The largest absolute Gasteiger partial charge is 0.387 e. The molecule has 2 nitrogen and oxygen atoms in total. The molecule has 3 heteroatoms. The number of aryl methyl sites for hydroxylation is 1. The quantitative estimate of drug-likeness (QED) is 0.633. The highest BCUT2D eigenvalue weighted by Gasteiger charge is 2.16. The topological polar surface area (TPSA) is 38.4 Å². The van der Waals surface area contributed by atoms with Gasteiger partial charge in [0.05, 0.1) is 12.4 Å². The van der Waals surface area contributed by atoms with E-state index in [0.717, 1.165) is 12.4 Å². The van der Waals surface area contributed by atoms with Crippen LogP contribution in [0.2, 0.25) is 0 Å². The summed E-state index contributed by atoms with van der Waals surface area (Å²) in [6.45, 7) is 2.90. The lowest BCUT2D eigenvalue weighted by Crippen LogP contribution is -2.25. The molecule has 1 fully saturated rings. The highest BCUT2D eigenvalue weighted by Crippen LogP contribution is 2.24. The molecule has 2 N–H and O–H groups in total. The predicted molar refractivity (Wildman–Crippen MR) is 71.0 cm³/mol. The number of hydrogen-bond acceptors (Lipinski definition) is 2. The van der Waals surface area contributed by atoms with E-state index in [1.54, 1.807) is 11.3 Å². The second-order valence-corrected chi connectivity index (χ2v) is 5.40. The Kier molecular flexibility index (Phi) is 3.99. The van der Waals surface area contributed by atoms with E-state index in [1.165, 1.54) is 43.2 Å². The minimum atomic E-state index is 0.549. The molecular weight excluding hydrogens is 216 g/mol. The van der Waals surface area contributed by atoms with Crippen LogP contribution in [0.4, 0.5) is 0 Å². The molecule has 0 unspecified atom stereocenters. The number of hydrogen-bond donors (Lipinski definition) is 1. The van der Waals surface area contributed by atoms with Crippen LogP contribution < -0.4 is 5.73 Å². The van der Waals surface area contributed by atoms with E-state index in [0.29, 0.717) is 5.92 Å². The van der Waals surface area contributed by atoms with Crippen molar-refractivity contribution in [2.24, 2.45) is 16.6 Å². The maximum Gasteiger partial charge on any atom is 0.0972 e. The molecule has 1 saturated carbocycles. The van der Waals surface area contributed by atoms with Gasteiger partial charge in [-0.05, 0) is 41.7 Å². The van der Waals surface area contributed by atoms with Gasteiger partial charge in [0, 0.05) is 5.92 Å². The van der Waals surface area contributed by atoms with Gasteiger partial charge in [0.2, 0.25) is 0 Å². The number of nitrogens with two attached hydrogens (primary N) is 1. The van der Waals surface area contributed by atoms with Gasteiger partial charge in [0.25, 0.3) is 0 Å². The fraction of sp³-hybridized carbons (Fsp3) is 0.615. The van der Waals surface area contributed by atoms with Gasteiger partial charge in [-0.15, -0.1) is 0 Å². The van der Waals surface area contributed by atoms with Crippen molar-refractivity contribution >= 4 is 17.2 Å². The van der Waals surface area contributed by atoms with Gasteiger partial charge in [-0.2, -0.15) is 11.3 Å². The van der Waals surface area contributed by atoms with E-state index in [4.69, 9.17) is 5.73 Å². The average Bonchev–Trinajstić information content (AvgIpc) is 2.73. The first-order valence-electron chi connectivity index (χ1n) is 6.09. The summed E-state index contributed by atoms with van der Waals surface area (Å²) >= 11 is 1.74. The van der Waals surface area contributed by atoms with Crippen molar-refractivity contribution < 1.29 is 0 Å². The Morgan fingerprint density at radius 3 is 2.75 bits per heavy atom. The molecule has 0 atom stereocenters. The summed E-state index contributed by atoms with van der Waals surface area (Å²) in [4.78, 5) is 4.55. The van der Waals surface area contributed by atoms with Crippen LogP contribution in [0, 0.1) is 12.8 Å². The molecule has 1 aliphatic rings. The summed E-state index contributed by atoms with van der Waals surface area (Å²) in [7, 11) is 0. The number of thiophene rings is 1. The lowest BCUT2D eigenvalue weighted by molar-refractivity contribution is 0.436. The Labute approximate surface area is 102 Å².